The molecule has 2 heterocycles. The number of furan rings is 1. The van der Waals surface area contributed by atoms with Crippen LogP contribution in [0.1, 0.15) is 45.7 Å². The van der Waals surface area contributed by atoms with E-state index in [9.17, 15) is 9.59 Å². The van der Waals surface area contributed by atoms with Gasteiger partial charge in [0.05, 0.1) is 0 Å². The van der Waals surface area contributed by atoms with Gasteiger partial charge in [-0.25, -0.2) is 0 Å². The fourth-order valence-electron chi connectivity index (χ4n) is 4.43. The molecule has 0 bridgehead atoms. The van der Waals surface area contributed by atoms with Crippen LogP contribution in [0, 0.1) is 20.8 Å². The number of fused-ring (bicyclic) bond motifs is 1. The first-order valence-electron chi connectivity index (χ1n) is 11.1. The third-order valence-electron chi connectivity index (χ3n) is 6.30. The van der Waals surface area contributed by atoms with E-state index in [1.54, 1.807) is 0 Å². The summed E-state index contributed by atoms with van der Waals surface area (Å²) in [5.74, 6) is 0.521. The summed E-state index contributed by atoms with van der Waals surface area (Å²) in [6, 6.07) is 14.3. The highest BCUT2D eigenvalue weighted by molar-refractivity contribution is 6.00. The Morgan fingerprint density at radius 3 is 2.19 bits per heavy atom. The van der Waals surface area contributed by atoms with E-state index in [4.69, 9.17) is 4.42 Å². The smallest absolute Gasteiger partial charge is 0.290 e. The Morgan fingerprint density at radius 1 is 0.871 bits per heavy atom. The maximum absolute atomic E-state index is 13.1. The van der Waals surface area contributed by atoms with Gasteiger partial charge in [-0.15, -0.1) is 0 Å². The van der Waals surface area contributed by atoms with Gasteiger partial charge in [-0.1, -0.05) is 42.5 Å². The molecule has 162 valence electrons. The first kappa shape index (κ1) is 21.2. The van der Waals surface area contributed by atoms with Gasteiger partial charge in [0.25, 0.3) is 5.91 Å². The molecule has 1 saturated heterocycles. The zero-order valence-electron chi connectivity index (χ0n) is 18.6. The Labute approximate surface area is 183 Å². The van der Waals surface area contributed by atoms with Gasteiger partial charge < -0.3 is 14.2 Å². The van der Waals surface area contributed by atoms with E-state index in [1.165, 1.54) is 5.56 Å². The maximum atomic E-state index is 13.1. The molecule has 1 fully saturated rings. The van der Waals surface area contributed by atoms with Gasteiger partial charge in [-0.2, -0.15) is 0 Å². The first-order chi connectivity index (χ1) is 15.0. The summed E-state index contributed by atoms with van der Waals surface area (Å²) in [6.07, 6.45) is 2.30. The number of aryl methyl sites for hydroxylation is 4. The summed E-state index contributed by atoms with van der Waals surface area (Å²) in [5.41, 5.74) is 5.12. The summed E-state index contributed by atoms with van der Waals surface area (Å²) in [7, 11) is 0. The molecular formula is C26H30N2O3. The molecule has 3 aromatic rings. The predicted molar refractivity (Wildman–Crippen MR) is 122 cm³/mol. The summed E-state index contributed by atoms with van der Waals surface area (Å²) in [6.45, 7) is 8.23. The molecule has 31 heavy (non-hydrogen) atoms. The van der Waals surface area contributed by atoms with E-state index in [2.05, 4.69) is 18.2 Å². The van der Waals surface area contributed by atoms with Crippen molar-refractivity contribution in [1.29, 1.82) is 0 Å². The second kappa shape index (κ2) is 8.96. The Hall–Kier alpha value is -3.08. The zero-order valence-corrected chi connectivity index (χ0v) is 18.6. The zero-order chi connectivity index (χ0) is 22.0. The van der Waals surface area contributed by atoms with Crippen LogP contribution in [-0.2, 0) is 11.2 Å². The average Bonchev–Trinajstić information content (AvgIpc) is 3.15. The van der Waals surface area contributed by atoms with Gasteiger partial charge in [0, 0.05) is 43.5 Å². The van der Waals surface area contributed by atoms with E-state index in [0.717, 1.165) is 40.5 Å². The van der Waals surface area contributed by atoms with Gasteiger partial charge in [-0.05, 0) is 50.3 Å². The van der Waals surface area contributed by atoms with E-state index < -0.39 is 0 Å². The normalized spacial score (nSPS) is 14.3. The largest absolute Gasteiger partial charge is 0.450 e. The number of nitrogens with zero attached hydrogens (tertiary/aromatic N) is 2. The summed E-state index contributed by atoms with van der Waals surface area (Å²) >= 11 is 0. The topological polar surface area (TPSA) is 53.8 Å². The highest BCUT2D eigenvalue weighted by Crippen LogP contribution is 2.31. The van der Waals surface area contributed by atoms with Crippen LogP contribution in [0.3, 0.4) is 0 Å². The van der Waals surface area contributed by atoms with Gasteiger partial charge in [0.2, 0.25) is 5.91 Å². The van der Waals surface area contributed by atoms with Crippen LogP contribution in [0.25, 0.3) is 11.0 Å². The minimum atomic E-state index is -0.0799. The molecule has 1 aromatic heterocycles. The molecule has 5 nitrogen and oxygen atoms in total. The average molecular weight is 419 g/mol. The monoisotopic (exact) mass is 418 g/mol. The second-order valence-corrected chi connectivity index (χ2v) is 8.47. The van der Waals surface area contributed by atoms with Crippen molar-refractivity contribution in [2.45, 2.75) is 40.0 Å². The van der Waals surface area contributed by atoms with Crippen LogP contribution in [0.4, 0.5) is 0 Å². The standard InChI is InChI=1S/C26H30N2O3/c1-18-12-13-19(2)24-23(18)20(3)25(31-24)26(30)28-16-14-27(15-17-28)22(29)11-7-10-21-8-5-4-6-9-21/h4-6,8-9,12-13H,7,10-11,14-17H2,1-3H3. The number of carbonyl (C=O) groups is 2. The summed E-state index contributed by atoms with van der Waals surface area (Å²) < 4.78 is 6.02. The maximum Gasteiger partial charge on any atom is 0.290 e. The van der Waals surface area contributed by atoms with Crippen LogP contribution >= 0.6 is 0 Å². The molecule has 2 amide bonds. The lowest BCUT2D eigenvalue weighted by Gasteiger charge is -2.34. The quantitative estimate of drug-likeness (QED) is 0.605. The number of benzene rings is 2. The number of piperazine rings is 1. The lowest BCUT2D eigenvalue weighted by Crippen LogP contribution is -2.50. The predicted octanol–water partition coefficient (Wildman–Crippen LogP) is 4.67. The number of rotatable bonds is 5. The molecule has 0 atom stereocenters. The molecule has 5 heteroatoms. The van der Waals surface area contributed by atoms with Crippen molar-refractivity contribution in [3.05, 3.63) is 70.5 Å². The minimum Gasteiger partial charge on any atom is -0.450 e. The van der Waals surface area contributed by atoms with Gasteiger partial charge in [0.1, 0.15) is 5.58 Å². The van der Waals surface area contributed by atoms with Crippen LogP contribution in [-0.4, -0.2) is 47.8 Å². The summed E-state index contributed by atoms with van der Waals surface area (Å²) in [5, 5.41) is 1.04. The number of hydrogen-bond donors (Lipinski definition) is 0. The molecule has 0 N–H and O–H groups in total. The Kier molecular flexibility index (Phi) is 6.12. The van der Waals surface area contributed by atoms with Crippen molar-refractivity contribution in [2.75, 3.05) is 26.2 Å². The molecule has 0 unspecified atom stereocenters. The molecule has 0 saturated carbocycles. The molecule has 1 aliphatic rings. The number of hydrogen-bond acceptors (Lipinski definition) is 3. The SMILES string of the molecule is Cc1ccc(C)c2c(C)c(C(=O)N3CCN(C(=O)CCCc4ccccc4)CC3)oc12. The third kappa shape index (κ3) is 4.36. The molecule has 0 aliphatic carbocycles. The van der Waals surface area contributed by atoms with Crippen molar-refractivity contribution < 1.29 is 14.0 Å². The van der Waals surface area contributed by atoms with Crippen molar-refractivity contribution in [3.8, 4) is 0 Å². The second-order valence-electron chi connectivity index (χ2n) is 8.47. The molecule has 4 rings (SSSR count). The highest BCUT2D eigenvalue weighted by atomic mass is 16.3. The van der Waals surface area contributed by atoms with E-state index in [-0.39, 0.29) is 11.8 Å². The van der Waals surface area contributed by atoms with Crippen LogP contribution in [0.2, 0.25) is 0 Å². The molecule has 0 spiro atoms. The van der Waals surface area contributed by atoms with Crippen molar-refractivity contribution in [1.82, 2.24) is 9.80 Å². The molecule has 0 radical (unpaired) electrons. The van der Waals surface area contributed by atoms with Crippen LogP contribution in [0.5, 0.6) is 0 Å². The molecule has 1 aliphatic heterocycles. The Bertz CT molecular complexity index is 1090. The van der Waals surface area contributed by atoms with Crippen LogP contribution in [0.15, 0.2) is 46.9 Å². The van der Waals surface area contributed by atoms with Crippen LogP contribution < -0.4 is 0 Å². The van der Waals surface area contributed by atoms with Crippen molar-refractivity contribution in [3.63, 3.8) is 0 Å². The van der Waals surface area contributed by atoms with Crippen molar-refractivity contribution in [2.24, 2.45) is 0 Å². The van der Waals surface area contributed by atoms with E-state index >= 15 is 0 Å². The van der Waals surface area contributed by atoms with Gasteiger partial charge in [-0.3, -0.25) is 9.59 Å². The Morgan fingerprint density at radius 2 is 1.52 bits per heavy atom. The minimum absolute atomic E-state index is 0.0799. The fraction of sp³-hybridized carbons (Fsp3) is 0.385. The highest BCUT2D eigenvalue weighted by Gasteiger charge is 2.28. The number of amides is 2. The molecular weight excluding hydrogens is 388 g/mol. The molecule has 2 aromatic carbocycles. The Balaban J connectivity index is 1.34. The first-order valence-corrected chi connectivity index (χ1v) is 11.1. The lowest BCUT2D eigenvalue weighted by atomic mass is 10.0. The van der Waals surface area contributed by atoms with Gasteiger partial charge >= 0.3 is 0 Å². The van der Waals surface area contributed by atoms with Crippen molar-refractivity contribution >= 4 is 22.8 Å². The summed E-state index contributed by atoms with van der Waals surface area (Å²) in [4.78, 5) is 29.4. The van der Waals surface area contributed by atoms with Gasteiger partial charge in [0.15, 0.2) is 5.76 Å². The van der Waals surface area contributed by atoms with E-state index in [1.807, 2.05) is 54.8 Å². The third-order valence-corrected chi connectivity index (χ3v) is 6.30. The fourth-order valence-corrected chi connectivity index (χ4v) is 4.43. The lowest BCUT2D eigenvalue weighted by molar-refractivity contribution is -0.132. The van der Waals surface area contributed by atoms with E-state index in [0.29, 0.717) is 38.4 Å². The number of carbonyl (C=O) groups excluding carboxylic acids is 2.